The van der Waals surface area contributed by atoms with Crippen molar-refractivity contribution in [2.45, 2.75) is 25.4 Å². The van der Waals surface area contributed by atoms with E-state index >= 15 is 0 Å². The molecule has 0 aromatic heterocycles. The van der Waals surface area contributed by atoms with E-state index in [-0.39, 0.29) is 12.0 Å². The van der Waals surface area contributed by atoms with Gasteiger partial charge in [-0.15, -0.1) is 0 Å². The summed E-state index contributed by atoms with van der Waals surface area (Å²) in [5.74, 6) is 2.34. The molecule has 3 rings (SSSR count). The lowest BCUT2D eigenvalue weighted by Gasteiger charge is -2.32. The van der Waals surface area contributed by atoms with Crippen molar-refractivity contribution in [3.8, 4) is 17.2 Å². The lowest BCUT2D eigenvalue weighted by Crippen LogP contribution is -2.42. The van der Waals surface area contributed by atoms with Crippen molar-refractivity contribution in [3.63, 3.8) is 0 Å². The van der Waals surface area contributed by atoms with E-state index in [1.807, 2.05) is 53.4 Å². The average Bonchev–Trinajstić information content (AvgIpc) is 2.69. The quantitative estimate of drug-likeness (QED) is 0.798. The monoisotopic (exact) mass is 355 g/mol. The number of nitrogens with zero attached hydrogens (tertiary/aromatic N) is 1. The predicted octanol–water partition coefficient (Wildman–Crippen LogP) is 3.32. The summed E-state index contributed by atoms with van der Waals surface area (Å²) in [6.07, 6.45) is 2.24. The van der Waals surface area contributed by atoms with E-state index in [9.17, 15) is 4.79 Å². The maximum Gasteiger partial charge on any atom is 0.226 e. The van der Waals surface area contributed by atoms with E-state index in [1.165, 1.54) is 0 Å². The Kier molecular flexibility index (Phi) is 6.00. The van der Waals surface area contributed by atoms with Gasteiger partial charge in [0.15, 0.2) is 11.5 Å². The molecule has 0 N–H and O–H groups in total. The van der Waals surface area contributed by atoms with Gasteiger partial charge in [0.1, 0.15) is 11.9 Å². The molecular weight excluding hydrogens is 330 g/mol. The molecule has 0 aliphatic carbocycles. The molecular formula is C21H25NO4. The van der Waals surface area contributed by atoms with Crippen LogP contribution in [-0.2, 0) is 11.2 Å². The Balaban J connectivity index is 1.52. The second-order valence-corrected chi connectivity index (χ2v) is 6.38. The van der Waals surface area contributed by atoms with Crippen molar-refractivity contribution in [1.29, 1.82) is 0 Å². The van der Waals surface area contributed by atoms with Crippen LogP contribution in [-0.4, -0.2) is 44.2 Å². The van der Waals surface area contributed by atoms with Crippen molar-refractivity contribution < 1.29 is 19.0 Å². The highest BCUT2D eigenvalue weighted by molar-refractivity contribution is 5.79. The molecule has 1 saturated heterocycles. The molecule has 5 nitrogen and oxygen atoms in total. The molecule has 1 amide bonds. The Hall–Kier alpha value is -2.69. The Bertz CT molecular complexity index is 724. The summed E-state index contributed by atoms with van der Waals surface area (Å²) in [5, 5.41) is 0. The number of hydrogen-bond acceptors (Lipinski definition) is 4. The summed E-state index contributed by atoms with van der Waals surface area (Å²) in [6, 6.07) is 15.5. The largest absolute Gasteiger partial charge is 0.493 e. The number of benzene rings is 2. The second kappa shape index (κ2) is 8.61. The van der Waals surface area contributed by atoms with Crippen LogP contribution in [0.2, 0.25) is 0 Å². The third-order valence-corrected chi connectivity index (χ3v) is 4.64. The van der Waals surface area contributed by atoms with Gasteiger partial charge in [-0.3, -0.25) is 4.79 Å². The lowest BCUT2D eigenvalue weighted by molar-refractivity contribution is -0.132. The third-order valence-electron chi connectivity index (χ3n) is 4.64. The summed E-state index contributed by atoms with van der Waals surface area (Å²) in [6.45, 7) is 1.45. The first-order chi connectivity index (χ1) is 12.7. The first kappa shape index (κ1) is 18.1. The molecule has 0 saturated carbocycles. The number of para-hydroxylation sites is 1. The van der Waals surface area contributed by atoms with Crippen LogP contribution < -0.4 is 14.2 Å². The van der Waals surface area contributed by atoms with E-state index in [1.54, 1.807) is 14.2 Å². The van der Waals surface area contributed by atoms with Gasteiger partial charge in [0.25, 0.3) is 0 Å². The maximum atomic E-state index is 12.6. The topological polar surface area (TPSA) is 48.0 Å². The van der Waals surface area contributed by atoms with Gasteiger partial charge in [0, 0.05) is 25.9 Å². The van der Waals surface area contributed by atoms with E-state index in [0.29, 0.717) is 17.9 Å². The Morgan fingerprint density at radius 1 is 1.00 bits per heavy atom. The van der Waals surface area contributed by atoms with Crippen LogP contribution in [0, 0.1) is 0 Å². The molecule has 0 atom stereocenters. The van der Waals surface area contributed by atoms with Gasteiger partial charge in [0.05, 0.1) is 20.6 Å². The summed E-state index contributed by atoms with van der Waals surface area (Å²) in [5.41, 5.74) is 0.926. The molecule has 0 bridgehead atoms. The molecule has 2 aromatic rings. The predicted molar refractivity (Wildman–Crippen MR) is 99.9 cm³/mol. The summed E-state index contributed by atoms with van der Waals surface area (Å²) >= 11 is 0. The minimum atomic E-state index is 0.135. The molecule has 1 heterocycles. The molecule has 5 heteroatoms. The van der Waals surface area contributed by atoms with Crippen molar-refractivity contribution in [1.82, 2.24) is 4.90 Å². The molecule has 138 valence electrons. The standard InChI is InChI=1S/C21H25NO4/c1-24-19-9-8-16(14-20(19)25-2)15-21(23)22-12-10-18(11-13-22)26-17-6-4-3-5-7-17/h3-9,14,18H,10-13,15H2,1-2H3. The van der Waals surface area contributed by atoms with Crippen LogP contribution in [0.5, 0.6) is 17.2 Å². The van der Waals surface area contributed by atoms with Crippen LogP contribution in [0.15, 0.2) is 48.5 Å². The number of carbonyl (C=O) groups is 1. The first-order valence-corrected chi connectivity index (χ1v) is 8.90. The summed E-state index contributed by atoms with van der Waals surface area (Å²) in [4.78, 5) is 14.5. The Labute approximate surface area is 154 Å². The van der Waals surface area contributed by atoms with E-state index in [0.717, 1.165) is 37.2 Å². The minimum Gasteiger partial charge on any atom is -0.493 e. The number of carbonyl (C=O) groups excluding carboxylic acids is 1. The SMILES string of the molecule is COc1ccc(CC(=O)N2CCC(Oc3ccccc3)CC2)cc1OC. The van der Waals surface area contributed by atoms with Gasteiger partial charge < -0.3 is 19.1 Å². The fraction of sp³-hybridized carbons (Fsp3) is 0.381. The molecule has 1 fully saturated rings. The highest BCUT2D eigenvalue weighted by Crippen LogP contribution is 2.28. The zero-order valence-corrected chi connectivity index (χ0v) is 15.3. The van der Waals surface area contributed by atoms with Crippen molar-refractivity contribution >= 4 is 5.91 Å². The molecule has 0 radical (unpaired) electrons. The smallest absolute Gasteiger partial charge is 0.226 e. The zero-order valence-electron chi connectivity index (χ0n) is 15.3. The van der Waals surface area contributed by atoms with Crippen LogP contribution in [0.1, 0.15) is 18.4 Å². The highest BCUT2D eigenvalue weighted by atomic mass is 16.5. The first-order valence-electron chi connectivity index (χ1n) is 8.90. The number of rotatable bonds is 6. The molecule has 1 aliphatic heterocycles. The zero-order chi connectivity index (χ0) is 18.4. The van der Waals surface area contributed by atoms with Gasteiger partial charge in [0.2, 0.25) is 5.91 Å². The average molecular weight is 355 g/mol. The molecule has 1 aliphatic rings. The second-order valence-electron chi connectivity index (χ2n) is 6.38. The fourth-order valence-corrected chi connectivity index (χ4v) is 3.19. The number of likely N-dealkylation sites (tertiary alicyclic amines) is 1. The Morgan fingerprint density at radius 3 is 2.35 bits per heavy atom. The molecule has 0 unspecified atom stereocenters. The van der Waals surface area contributed by atoms with Gasteiger partial charge >= 0.3 is 0 Å². The van der Waals surface area contributed by atoms with E-state index in [2.05, 4.69) is 0 Å². The molecule has 26 heavy (non-hydrogen) atoms. The number of hydrogen-bond donors (Lipinski definition) is 0. The van der Waals surface area contributed by atoms with Gasteiger partial charge in [-0.2, -0.15) is 0 Å². The lowest BCUT2D eigenvalue weighted by atomic mass is 10.1. The van der Waals surface area contributed by atoms with Crippen LogP contribution in [0.4, 0.5) is 0 Å². The fourth-order valence-electron chi connectivity index (χ4n) is 3.19. The maximum absolute atomic E-state index is 12.6. The third kappa shape index (κ3) is 4.48. The number of piperidine rings is 1. The van der Waals surface area contributed by atoms with Gasteiger partial charge in [-0.05, 0) is 29.8 Å². The summed E-state index contributed by atoms with van der Waals surface area (Å²) in [7, 11) is 3.20. The number of methoxy groups -OCH3 is 2. The van der Waals surface area contributed by atoms with Gasteiger partial charge in [-0.1, -0.05) is 24.3 Å². The van der Waals surface area contributed by atoms with Crippen molar-refractivity contribution in [2.24, 2.45) is 0 Å². The highest BCUT2D eigenvalue weighted by Gasteiger charge is 2.24. The van der Waals surface area contributed by atoms with Crippen molar-refractivity contribution in [3.05, 3.63) is 54.1 Å². The van der Waals surface area contributed by atoms with Crippen LogP contribution in [0.3, 0.4) is 0 Å². The van der Waals surface area contributed by atoms with Gasteiger partial charge in [-0.25, -0.2) is 0 Å². The Morgan fingerprint density at radius 2 is 1.69 bits per heavy atom. The van der Waals surface area contributed by atoms with Crippen LogP contribution in [0.25, 0.3) is 0 Å². The van der Waals surface area contributed by atoms with Crippen molar-refractivity contribution in [2.75, 3.05) is 27.3 Å². The number of ether oxygens (including phenoxy) is 3. The van der Waals surface area contributed by atoms with E-state index < -0.39 is 0 Å². The normalized spacial score (nSPS) is 14.8. The van der Waals surface area contributed by atoms with E-state index in [4.69, 9.17) is 14.2 Å². The molecule has 0 spiro atoms. The molecule has 2 aromatic carbocycles. The van der Waals surface area contributed by atoms with Crippen LogP contribution >= 0.6 is 0 Å². The summed E-state index contributed by atoms with van der Waals surface area (Å²) < 4.78 is 16.5. The number of amides is 1. The minimum absolute atomic E-state index is 0.135.